The molecular formula is C21H26N3O2S2+. The summed E-state index contributed by atoms with van der Waals surface area (Å²) in [4.78, 5) is 22.2. The number of aryl methyl sites for hydroxylation is 1. The van der Waals surface area contributed by atoms with Crippen molar-refractivity contribution in [2.24, 2.45) is 0 Å². The number of benzene rings is 1. The Labute approximate surface area is 173 Å². The molecule has 1 saturated heterocycles. The quantitative estimate of drug-likeness (QED) is 0.644. The molecule has 1 aromatic carbocycles. The second kappa shape index (κ2) is 9.13. The van der Waals surface area contributed by atoms with Gasteiger partial charge < -0.3 is 9.64 Å². The van der Waals surface area contributed by atoms with Crippen LogP contribution in [0, 0.1) is 0 Å². The fourth-order valence-electron chi connectivity index (χ4n) is 3.51. The molecule has 0 radical (unpaired) electrons. The third-order valence-electron chi connectivity index (χ3n) is 5.17. The Hall–Kier alpha value is -1.80. The molecular weight excluding hydrogens is 390 g/mol. The molecule has 0 spiro atoms. The van der Waals surface area contributed by atoms with Crippen LogP contribution >= 0.6 is 22.7 Å². The summed E-state index contributed by atoms with van der Waals surface area (Å²) in [5.74, 6) is 0.0572. The molecule has 1 amide bonds. The van der Waals surface area contributed by atoms with Crippen molar-refractivity contribution < 1.29 is 14.4 Å². The van der Waals surface area contributed by atoms with E-state index in [9.17, 15) is 4.79 Å². The number of carbonyl (C=O) groups is 1. The first-order valence-electron chi connectivity index (χ1n) is 9.90. The monoisotopic (exact) mass is 416 g/mol. The highest BCUT2D eigenvalue weighted by Gasteiger charge is 2.23. The predicted octanol–water partition coefficient (Wildman–Crippen LogP) is 2.87. The van der Waals surface area contributed by atoms with Crippen molar-refractivity contribution in [1.82, 2.24) is 4.98 Å². The minimum Gasteiger partial charge on any atom is -0.370 e. The van der Waals surface area contributed by atoms with Gasteiger partial charge in [0.15, 0.2) is 5.13 Å². The van der Waals surface area contributed by atoms with Gasteiger partial charge in [-0.3, -0.25) is 9.69 Å². The van der Waals surface area contributed by atoms with Gasteiger partial charge in [-0.15, -0.1) is 11.3 Å². The molecule has 1 fully saturated rings. The summed E-state index contributed by atoms with van der Waals surface area (Å²) in [6.45, 7) is 7.70. The Bertz CT molecular complexity index is 917. The molecule has 148 valence electrons. The van der Waals surface area contributed by atoms with E-state index in [0.717, 1.165) is 65.9 Å². The number of aromatic nitrogens is 1. The number of nitrogens with one attached hydrogen (secondary N) is 1. The first kappa shape index (κ1) is 19.5. The number of rotatable bonds is 7. The lowest BCUT2D eigenvalue weighted by Gasteiger charge is -2.25. The Kier molecular flexibility index (Phi) is 6.36. The summed E-state index contributed by atoms with van der Waals surface area (Å²) in [7, 11) is 0. The van der Waals surface area contributed by atoms with E-state index in [2.05, 4.69) is 25.1 Å². The Morgan fingerprint density at radius 1 is 1.29 bits per heavy atom. The molecule has 1 aliphatic rings. The van der Waals surface area contributed by atoms with Gasteiger partial charge in [0, 0.05) is 13.0 Å². The Morgan fingerprint density at radius 3 is 2.89 bits per heavy atom. The molecule has 0 bridgehead atoms. The van der Waals surface area contributed by atoms with Crippen molar-refractivity contribution in [3.05, 3.63) is 46.2 Å². The SMILES string of the molecule is CCc1ccc2nc(N(CCC[NH+]3CCOCC3)C(=O)c3cccs3)sc2c1. The van der Waals surface area contributed by atoms with Gasteiger partial charge in [-0.25, -0.2) is 4.98 Å². The number of thiophene rings is 1. The molecule has 0 unspecified atom stereocenters. The van der Waals surface area contributed by atoms with Crippen molar-refractivity contribution in [3.8, 4) is 0 Å². The van der Waals surface area contributed by atoms with Crippen LogP contribution in [0.1, 0.15) is 28.6 Å². The minimum absolute atomic E-state index is 0.0572. The largest absolute Gasteiger partial charge is 0.370 e. The topological polar surface area (TPSA) is 46.9 Å². The molecule has 4 rings (SSSR count). The molecule has 7 heteroatoms. The highest BCUT2D eigenvalue weighted by molar-refractivity contribution is 7.22. The second-order valence-corrected chi connectivity index (χ2v) is 9.01. The standard InChI is InChI=1S/C21H25N3O2S2/c1-2-16-6-7-17-19(15-16)28-21(22-17)24(20(25)18-5-3-14-27-18)9-4-8-23-10-12-26-13-11-23/h3,5-7,14-15H,2,4,8-13H2,1H3/p+1. The molecule has 2 aromatic heterocycles. The molecule has 0 atom stereocenters. The van der Waals surface area contributed by atoms with Gasteiger partial charge in [-0.05, 0) is 35.6 Å². The first-order chi connectivity index (χ1) is 13.7. The van der Waals surface area contributed by atoms with Crippen LogP contribution in [0.3, 0.4) is 0 Å². The summed E-state index contributed by atoms with van der Waals surface area (Å²) in [6, 6.07) is 10.2. The van der Waals surface area contributed by atoms with E-state index < -0.39 is 0 Å². The number of fused-ring (bicyclic) bond motifs is 1. The number of ether oxygens (including phenoxy) is 1. The number of carbonyl (C=O) groups excluding carboxylic acids is 1. The maximum absolute atomic E-state index is 13.2. The van der Waals surface area contributed by atoms with E-state index in [0.29, 0.717) is 6.54 Å². The summed E-state index contributed by atoms with van der Waals surface area (Å²) in [5.41, 5.74) is 2.27. The fraction of sp³-hybridized carbons (Fsp3) is 0.429. The molecule has 5 nitrogen and oxygen atoms in total. The third kappa shape index (κ3) is 4.43. The summed E-state index contributed by atoms with van der Waals surface area (Å²) >= 11 is 3.11. The van der Waals surface area contributed by atoms with Crippen LogP contribution in [0.4, 0.5) is 5.13 Å². The fourth-order valence-corrected chi connectivity index (χ4v) is 5.23. The Balaban J connectivity index is 1.54. The van der Waals surface area contributed by atoms with Gasteiger partial charge >= 0.3 is 0 Å². The number of amides is 1. The zero-order valence-electron chi connectivity index (χ0n) is 16.1. The van der Waals surface area contributed by atoms with E-state index in [4.69, 9.17) is 9.72 Å². The van der Waals surface area contributed by atoms with Gasteiger partial charge in [-0.1, -0.05) is 30.4 Å². The van der Waals surface area contributed by atoms with E-state index >= 15 is 0 Å². The average molecular weight is 417 g/mol. The number of nitrogens with zero attached hydrogens (tertiary/aromatic N) is 2. The van der Waals surface area contributed by atoms with E-state index in [1.807, 2.05) is 22.4 Å². The maximum atomic E-state index is 13.2. The number of hydrogen-bond donors (Lipinski definition) is 1. The normalized spacial score (nSPS) is 15.2. The van der Waals surface area contributed by atoms with Crippen LogP contribution in [-0.4, -0.2) is 50.3 Å². The van der Waals surface area contributed by atoms with Crippen LogP contribution in [0.25, 0.3) is 10.2 Å². The van der Waals surface area contributed by atoms with Gasteiger partial charge in [-0.2, -0.15) is 0 Å². The minimum atomic E-state index is 0.0572. The third-order valence-corrected chi connectivity index (χ3v) is 7.07. The van der Waals surface area contributed by atoms with Crippen LogP contribution in [0.15, 0.2) is 35.7 Å². The molecule has 1 N–H and O–H groups in total. The van der Waals surface area contributed by atoms with E-state index in [-0.39, 0.29) is 5.91 Å². The van der Waals surface area contributed by atoms with E-state index in [1.54, 1.807) is 16.2 Å². The molecule has 0 saturated carbocycles. The second-order valence-electron chi connectivity index (χ2n) is 7.05. The van der Waals surface area contributed by atoms with Crippen molar-refractivity contribution in [3.63, 3.8) is 0 Å². The number of thiazole rings is 1. The lowest BCUT2D eigenvalue weighted by atomic mass is 10.2. The highest BCUT2D eigenvalue weighted by Crippen LogP contribution is 2.31. The number of hydrogen-bond acceptors (Lipinski definition) is 5. The van der Waals surface area contributed by atoms with Crippen LogP contribution in [0.2, 0.25) is 0 Å². The van der Waals surface area contributed by atoms with Gasteiger partial charge in [0.25, 0.3) is 5.91 Å². The highest BCUT2D eigenvalue weighted by atomic mass is 32.1. The lowest BCUT2D eigenvalue weighted by Crippen LogP contribution is -3.14. The molecule has 0 aliphatic carbocycles. The maximum Gasteiger partial charge on any atom is 0.270 e. The zero-order chi connectivity index (χ0) is 19.3. The van der Waals surface area contributed by atoms with Crippen molar-refractivity contribution in [1.29, 1.82) is 0 Å². The van der Waals surface area contributed by atoms with Gasteiger partial charge in [0.1, 0.15) is 13.1 Å². The molecule has 3 heterocycles. The smallest absolute Gasteiger partial charge is 0.270 e. The van der Waals surface area contributed by atoms with Crippen molar-refractivity contribution >= 4 is 43.9 Å². The molecule has 3 aromatic rings. The first-order valence-corrected chi connectivity index (χ1v) is 11.6. The lowest BCUT2D eigenvalue weighted by molar-refractivity contribution is -0.908. The van der Waals surface area contributed by atoms with Crippen molar-refractivity contribution in [2.75, 3.05) is 44.3 Å². The number of morpholine rings is 1. The van der Waals surface area contributed by atoms with E-state index in [1.165, 1.54) is 16.9 Å². The number of quaternary nitrogens is 1. The van der Waals surface area contributed by atoms with Crippen LogP contribution in [0.5, 0.6) is 0 Å². The van der Waals surface area contributed by atoms with Crippen molar-refractivity contribution in [2.45, 2.75) is 19.8 Å². The summed E-state index contributed by atoms with van der Waals surface area (Å²) < 4.78 is 6.59. The summed E-state index contributed by atoms with van der Waals surface area (Å²) in [5, 5.41) is 2.76. The van der Waals surface area contributed by atoms with Crippen LogP contribution < -0.4 is 9.80 Å². The summed E-state index contributed by atoms with van der Waals surface area (Å²) in [6.07, 6.45) is 1.96. The molecule has 1 aliphatic heterocycles. The van der Waals surface area contributed by atoms with Gasteiger partial charge in [0.2, 0.25) is 0 Å². The van der Waals surface area contributed by atoms with Gasteiger partial charge in [0.05, 0.1) is 34.9 Å². The average Bonchev–Trinajstić information content (AvgIpc) is 3.40. The Morgan fingerprint density at radius 2 is 2.14 bits per heavy atom. The predicted molar refractivity (Wildman–Crippen MR) is 116 cm³/mol. The molecule has 28 heavy (non-hydrogen) atoms. The zero-order valence-corrected chi connectivity index (χ0v) is 17.8. The number of anilines is 1. The van der Waals surface area contributed by atoms with Crippen LogP contribution in [-0.2, 0) is 11.2 Å².